The maximum absolute atomic E-state index is 6.21. The second-order valence-corrected chi connectivity index (χ2v) is 5.26. The van der Waals surface area contributed by atoms with Gasteiger partial charge < -0.3 is 10.3 Å². The van der Waals surface area contributed by atoms with E-state index in [9.17, 15) is 0 Å². The summed E-state index contributed by atoms with van der Waals surface area (Å²) in [5.41, 5.74) is 6.37. The van der Waals surface area contributed by atoms with Gasteiger partial charge in [0.1, 0.15) is 5.82 Å². The second-order valence-electron chi connectivity index (χ2n) is 5.26. The van der Waals surface area contributed by atoms with Gasteiger partial charge in [0.15, 0.2) is 0 Å². The van der Waals surface area contributed by atoms with Gasteiger partial charge in [-0.25, -0.2) is 4.98 Å². The van der Waals surface area contributed by atoms with Gasteiger partial charge >= 0.3 is 0 Å². The first-order valence-corrected chi connectivity index (χ1v) is 5.63. The van der Waals surface area contributed by atoms with Crippen molar-refractivity contribution in [3.05, 3.63) is 18.2 Å². The van der Waals surface area contributed by atoms with Crippen LogP contribution in [0.15, 0.2) is 12.4 Å². The molecule has 0 aliphatic rings. The van der Waals surface area contributed by atoms with Gasteiger partial charge in [-0.3, -0.25) is 0 Å². The van der Waals surface area contributed by atoms with Crippen molar-refractivity contribution < 1.29 is 0 Å². The first-order valence-electron chi connectivity index (χ1n) is 5.63. The van der Waals surface area contributed by atoms with Crippen LogP contribution >= 0.6 is 0 Å². The van der Waals surface area contributed by atoms with Gasteiger partial charge in [-0.2, -0.15) is 0 Å². The lowest BCUT2D eigenvalue weighted by Gasteiger charge is -2.36. The third kappa shape index (κ3) is 2.59. The molecule has 2 atom stereocenters. The molecule has 1 heterocycles. The molecule has 0 aromatic carbocycles. The van der Waals surface area contributed by atoms with Crippen molar-refractivity contribution in [2.24, 2.45) is 11.1 Å². The highest BCUT2D eigenvalue weighted by Crippen LogP contribution is 2.34. The molecule has 2 N–H and O–H groups in total. The zero-order valence-electron chi connectivity index (χ0n) is 10.5. The molecular weight excluding hydrogens is 186 g/mol. The third-order valence-corrected chi connectivity index (χ3v) is 2.93. The largest absolute Gasteiger partial charge is 0.330 e. The molecule has 3 nitrogen and oxygen atoms in total. The molecule has 0 saturated carbocycles. The van der Waals surface area contributed by atoms with Crippen LogP contribution in [0.4, 0.5) is 0 Å². The summed E-state index contributed by atoms with van der Waals surface area (Å²) in [6, 6.07) is 0.489. The topological polar surface area (TPSA) is 43.8 Å². The Bertz CT molecular complexity index is 309. The molecule has 0 amide bonds. The molecule has 0 bridgehead atoms. The summed E-state index contributed by atoms with van der Waals surface area (Å²) in [4.78, 5) is 4.28. The standard InChI is InChI=1S/C12H23N3/c1-6-10(13)11(12(3,4)5)15-8-7-14-9(15)2/h7-8,10-11H,6,13H2,1-5H3. The highest BCUT2D eigenvalue weighted by Gasteiger charge is 2.31. The molecule has 0 aliphatic heterocycles. The van der Waals surface area contributed by atoms with Crippen LogP contribution in [-0.4, -0.2) is 15.6 Å². The summed E-state index contributed by atoms with van der Waals surface area (Å²) in [7, 11) is 0. The van der Waals surface area contributed by atoms with Gasteiger partial charge in [0, 0.05) is 18.4 Å². The SMILES string of the molecule is CCC(N)C(n1ccnc1C)C(C)(C)C. The van der Waals surface area contributed by atoms with E-state index < -0.39 is 0 Å². The molecule has 1 rings (SSSR count). The van der Waals surface area contributed by atoms with Crippen molar-refractivity contribution in [3.8, 4) is 0 Å². The average molecular weight is 209 g/mol. The smallest absolute Gasteiger partial charge is 0.105 e. The lowest BCUT2D eigenvalue weighted by molar-refractivity contribution is 0.199. The number of imidazole rings is 1. The normalized spacial score (nSPS) is 16.4. The molecule has 0 radical (unpaired) electrons. The van der Waals surface area contributed by atoms with Gasteiger partial charge in [-0.15, -0.1) is 0 Å². The van der Waals surface area contributed by atoms with Crippen LogP contribution in [0, 0.1) is 12.3 Å². The minimum absolute atomic E-state index is 0.154. The molecule has 15 heavy (non-hydrogen) atoms. The van der Waals surface area contributed by atoms with E-state index >= 15 is 0 Å². The Morgan fingerprint density at radius 3 is 2.40 bits per heavy atom. The van der Waals surface area contributed by atoms with E-state index in [2.05, 4.69) is 37.2 Å². The molecule has 0 aliphatic carbocycles. The summed E-state index contributed by atoms with van der Waals surface area (Å²) in [5.74, 6) is 1.04. The fourth-order valence-electron chi connectivity index (χ4n) is 2.17. The number of nitrogens with two attached hydrogens (primary N) is 1. The quantitative estimate of drug-likeness (QED) is 0.831. The molecule has 1 aromatic rings. The zero-order chi connectivity index (χ0) is 11.6. The van der Waals surface area contributed by atoms with Crippen molar-refractivity contribution in [1.29, 1.82) is 0 Å². The first kappa shape index (κ1) is 12.2. The van der Waals surface area contributed by atoms with E-state index in [0.717, 1.165) is 12.2 Å². The van der Waals surface area contributed by atoms with E-state index in [1.54, 1.807) is 0 Å². The molecule has 1 aromatic heterocycles. The van der Waals surface area contributed by atoms with Crippen LogP contribution in [0.2, 0.25) is 0 Å². The highest BCUT2D eigenvalue weighted by molar-refractivity contribution is 4.98. The van der Waals surface area contributed by atoms with Gasteiger partial charge in [0.05, 0.1) is 6.04 Å². The summed E-state index contributed by atoms with van der Waals surface area (Å²) in [6.07, 6.45) is 4.86. The molecule has 0 fully saturated rings. The molecule has 0 spiro atoms. The van der Waals surface area contributed by atoms with E-state index in [-0.39, 0.29) is 11.5 Å². The van der Waals surface area contributed by atoms with E-state index in [0.29, 0.717) is 6.04 Å². The van der Waals surface area contributed by atoms with Crippen molar-refractivity contribution in [2.75, 3.05) is 0 Å². The Kier molecular flexibility index (Phi) is 3.55. The summed E-state index contributed by atoms with van der Waals surface area (Å²) >= 11 is 0. The molecule has 86 valence electrons. The monoisotopic (exact) mass is 209 g/mol. The fraction of sp³-hybridized carbons (Fsp3) is 0.750. The maximum Gasteiger partial charge on any atom is 0.105 e. The summed E-state index contributed by atoms with van der Waals surface area (Å²) < 4.78 is 2.20. The Morgan fingerprint density at radius 1 is 1.47 bits per heavy atom. The van der Waals surface area contributed by atoms with E-state index in [1.165, 1.54) is 0 Å². The van der Waals surface area contributed by atoms with Crippen LogP contribution in [0.5, 0.6) is 0 Å². The number of nitrogens with zero attached hydrogens (tertiary/aromatic N) is 2. The Morgan fingerprint density at radius 2 is 2.07 bits per heavy atom. The Hall–Kier alpha value is -0.830. The number of aromatic nitrogens is 2. The minimum Gasteiger partial charge on any atom is -0.330 e. The Labute approximate surface area is 92.7 Å². The minimum atomic E-state index is 0.154. The number of aryl methyl sites for hydroxylation is 1. The van der Waals surface area contributed by atoms with Crippen LogP contribution in [-0.2, 0) is 0 Å². The molecule has 3 heteroatoms. The van der Waals surface area contributed by atoms with Crippen LogP contribution < -0.4 is 5.73 Å². The number of rotatable bonds is 3. The van der Waals surface area contributed by atoms with Gasteiger partial charge in [-0.05, 0) is 18.8 Å². The Balaban J connectivity index is 3.08. The predicted molar refractivity (Wildman–Crippen MR) is 63.7 cm³/mol. The van der Waals surface area contributed by atoms with E-state index in [1.807, 2.05) is 19.3 Å². The van der Waals surface area contributed by atoms with Crippen molar-refractivity contribution in [1.82, 2.24) is 9.55 Å². The molecule has 2 unspecified atom stereocenters. The molecule has 0 saturated heterocycles. The van der Waals surface area contributed by atoms with Crippen LogP contribution in [0.1, 0.15) is 46.0 Å². The molecular formula is C12H23N3. The zero-order valence-corrected chi connectivity index (χ0v) is 10.5. The summed E-state index contributed by atoms with van der Waals surface area (Å²) in [5, 5.41) is 0. The van der Waals surface area contributed by atoms with E-state index in [4.69, 9.17) is 5.73 Å². The van der Waals surface area contributed by atoms with Gasteiger partial charge in [-0.1, -0.05) is 27.7 Å². The van der Waals surface area contributed by atoms with Crippen molar-refractivity contribution >= 4 is 0 Å². The summed E-state index contributed by atoms with van der Waals surface area (Å²) in [6.45, 7) is 10.8. The van der Waals surface area contributed by atoms with Gasteiger partial charge in [0.2, 0.25) is 0 Å². The average Bonchev–Trinajstić information content (AvgIpc) is 2.50. The lowest BCUT2D eigenvalue weighted by atomic mass is 9.81. The van der Waals surface area contributed by atoms with Crippen LogP contribution in [0.3, 0.4) is 0 Å². The van der Waals surface area contributed by atoms with Crippen molar-refractivity contribution in [3.63, 3.8) is 0 Å². The maximum atomic E-state index is 6.21. The third-order valence-electron chi connectivity index (χ3n) is 2.93. The van der Waals surface area contributed by atoms with Crippen LogP contribution in [0.25, 0.3) is 0 Å². The first-order chi connectivity index (χ1) is 6.88. The lowest BCUT2D eigenvalue weighted by Crippen LogP contribution is -2.40. The predicted octanol–water partition coefficient (Wildman–Crippen LogP) is 2.52. The second kappa shape index (κ2) is 4.35. The number of hydrogen-bond acceptors (Lipinski definition) is 2. The van der Waals surface area contributed by atoms with Crippen molar-refractivity contribution in [2.45, 2.75) is 53.1 Å². The van der Waals surface area contributed by atoms with Gasteiger partial charge in [0.25, 0.3) is 0 Å². The highest BCUT2D eigenvalue weighted by atomic mass is 15.1. The number of hydrogen-bond donors (Lipinski definition) is 1. The fourth-order valence-corrected chi connectivity index (χ4v) is 2.17.